The third-order valence-electron chi connectivity index (χ3n) is 9.71. The molecule has 0 amide bonds. The fourth-order valence-electron chi connectivity index (χ4n) is 8.66. The zero-order valence-electron chi connectivity index (χ0n) is 17.8. The summed E-state index contributed by atoms with van der Waals surface area (Å²) in [5.74, 6) is 9.98. The maximum atomic E-state index is 13.3. The monoisotopic (exact) mass is 394 g/mol. The summed E-state index contributed by atoms with van der Waals surface area (Å²) in [5.41, 5.74) is 0.437. The number of alkyl halides is 3. The quantitative estimate of drug-likeness (QED) is 0.426. The average Bonchev–Trinajstić information content (AvgIpc) is 2.91. The Hall–Kier alpha value is -0.650. The number of hydrogen-bond acceptors (Lipinski definition) is 0. The van der Waals surface area contributed by atoms with E-state index in [1.807, 2.05) is 6.92 Å². The number of rotatable bonds is 2. The minimum absolute atomic E-state index is 0.332. The zero-order chi connectivity index (χ0) is 20.1. The Kier molecular flexibility index (Phi) is 5.56. The van der Waals surface area contributed by atoms with Crippen LogP contribution in [-0.4, -0.2) is 6.18 Å². The van der Waals surface area contributed by atoms with Gasteiger partial charge in [0, 0.05) is 6.42 Å². The molecule has 4 rings (SSSR count). The van der Waals surface area contributed by atoms with Gasteiger partial charge in [0.1, 0.15) is 0 Å². The standard InChI is InChI=1S/C25H37F3/c1-4-5-6-7-18-14-16(2)23-22-10-8-17-15-19(25(26,27)28)9-11-20(17)21(22)12-13-24(18,23)3/h16-23H,6-15H2,1-3H3. The summed E-state index contributed by atoms with van der Waals surface area (Å²) in [6, 6.07) is 0. The van der Waals surface area contributed by atoms with Gasteiger partial charge in [0.2, 0.25) is 0 Å². The van der Waals surface area contributed by atoms with Crippen molar-refractivity contribution in [2.45, 2.75) is 91.2 Å². The molecule has 0 aliphatic heterocycles. The third-order valence-corrected chi connectivity index (χ3v) is 9.71. The molecule has 4 aliphatic rings. The van der Waals surface area contributed by atoms with Crippen LogP contribution < -0.4 is 0 Å². The molecule has 4 aliphatic carbocycles. The molecule has 9 unspecified atom stereocenters. The zero-order valence-corrected chi connectivity index (χ0v) is 17.8. The van der Waals surface area contributed by atoms with Crippen molar-refractivity contribution in [2.75, 3.05) is 0 Å². The Balaban J connectivity index is 1.49. The lowest BCUT2D eigenvalue weighted by Crippen LogP contribution is -2.50. The topological polar surface area (TPSA) is 0 Å². The molecule has 0 heterocycles. The van der Waals surface area contributed by atoms with E-state index in [-0.39, 0.29) is 0 Å². The molecule has 0 aromatic carbocycles. The highest BCUT2D eigenvalue weighted by Crippen LogP contribution is 2.66. The van der Waals surface area contributed by atoms with Crippen molar-refractivity contribution in [3.8, 4) is 11.8 Å². The largest absolute Gasteiger partial charge is 0.391 e. The van der Waals surface area contributed by atoms with Crippen molar-refractivity contribution < 1.29 is 13.2 Å². The average molecular weight is 395 g/mol. The van der Waals surface area contributed by atoms with E-state index in [0.717, 1.165) is 42.9 Å². The van der Waals surface area contributed by atoms with Gasteiger partial charge in [-0.2, -0.15) is 13.2 Å². The van der Waals surface area contributed by atoms with Crippen molar-refractivity contribution in [3.63, 3.8) is 0 Å². The van der Waals surface area contributed by atoms with Crippen molar-refractivity contribution in [1.29, 1.82) is 0 Å². The highest BCUT2D eigenvalue weighted by Gasteiger charge is 2.59. The van der Waals surface area contributed by atoms with Crippen LogP contribution in [0.25, 0.3) is 0 Å². The van der Waals surface area contributed by atoms with Crippen molar-refractivity contribution in [3.05, 3.63) is 0 Å². The number of halogens is 3. The van der Waals surface area contributed by atoms with Gasteiger partial charge in [-0.25, -0.2) is 0 Å². The van der Waals surface area contributed by atoms with Crippen LogP contribution in [0.1, 0.15) is 85.0 Å². The first-order valence-electron chi connectivity index (χ1n) is 11.7. The lowest BCUT2D eigenvalue weighted by atomic mass is 9.48. The maximum absolute atomic E-state index is 13.3. The van der Waals surface area contributed by atoms with Gasteiger partial charge >= 0.3 is 6.18 Å². The van der Waals surface area contributed by atoms with E-state index in [1.54, 1.807) is 0 Å². The van der Waals surface area contributed by atoms with E-state index < -0.39 is 12.1 Å². The molecule has 0 nitrogen and oxygen atoms in total. The van der Waals surface area contributed by atoms with Crippen molar-refractivity contribution in [1.82, 2.24) is 0 Å². The first-order chi connectivity index (χ1) is 13.3. The van der Waals surface area contributed by atoms with Crippen molar-refractivity contribution >= 4 is 0 Å². The van der Waals surface area contributed by atoms with Gasteiger partial charge in [-0.05, 0) is 112 Å². The molecule has 9 atom stereocenters. The molecule has 4 fully saturated rings. The fraction of sp³-hybridized carbons (Fsp3) is 0.920. The normalized spacial score (nSPS) is 48.1. The summed E-state index contributed by atoms with van der Waals surface area (Å²) in [6.07, 6.45) is 5.99. The van der Waals surface area contributed by atoms with E-state index in [2.05, 4.69) is 25.7 Å². The summed E-state index contributed by atoms with van der Waals surface area (Å²) in [6.45, 7) is 6.94. The molecule has 0 saturated heterocycles. The fourth-order valence-corrected chi connectivity index (χ4v) is 8.66. The predicted octanol–water partition coefficient (Wildman–Crippen LogP) is 7.48. The van der Waals surface area contributed by atoms with Gasteiger partial charge in [0.15, 0.2) is 0 Å². The molecule has 0 radical (unpaired) electrons. The van der Waals surface area contributed by atoms with E-state index in [1.165, 1.54) is 32.1 Å². The van der Waals surface area contributed by atoms with Crippen LogP contribution in [0.5, 0.6) is 0 Å². The Morgan fingerprint density at radius 1 is 0.964 bits per heavy atom. The summed E-state index contributed by atoms with van der Waals surface area (Å²) in [4.78, 5) is 0. The molecule has 0 aromatic rings. The highest BCUT2D eigenvalue weighted by molar-refractivity contribution is 5.09. The molecule has 4 saturated carbocycles. The molecule has 0 bridgehead atoms. The lowest BCUT2D eigenvalue weighted by molar-refractivity contribution is -0.196. The van der Waals surface area contributed by atoms with E-state index in [9.17, 15) is 13.2 Å². The van der Waals surface area contributed by atoms with Crippen LogP contribution in [0.4, 0.5) is 13.2 Å². The second kappa shape index (κ2) is 7.55. The lowest BCUT2D eigenvalue weighted by Gasteiger charge is -2.57. The van der Waals surface area contributed by atoms with Crippen LogP contribution in [-0.2, 0) is 0 Å². The molecular weight excluding hydrogens is 357 g/mol. The van der Waals surface area contributed by atoms with E-state index >= 15 is 0 Å². The maximum Gasteiger partial charge on any atom is 0.391 e. The van der Waals surface area contributed by atoms with Crippen LogP contribution in [0.2, 0.25) is 0 Å². The Labute approximate surface area is 169 Å². The number of hydrogen-bond donors (Lipinski definition) is 0. The third kappa shape index (κ3) is 3.41. The molecule has 0 N–H and O–H groups in total. The summed E-state index contributed by atoms with van der Waals surface area (Å²) < 4.78 is 39.8. The first-order valence-corrected chi connectivity index (χ1v) is 11.7. The molecule has 158 valence electrons. The highest BCUT2D eigenvalue weighted by atomic mass is 19.4. The van der Waals surface area contributed by atoms with Gasteiger partial charge in [0.05, 0.1) is 5.92 Å². The van der Waals surface area contributed by atoms with Gasteiger partial charge in [-0.15, -0.1) is 11.8 Å². The molecule has 0 aromatic heterocycles. The SMILES string of the molecule is CC#CCCC1CC(C)C2C3CCC4CC(C(F)(F)F)CCC4C3CCC12C. The van der Waals surface area contributed by atoms with Crippen LogP contribution in [0.3, 0.4) is 0 Å². The molecule has 0 spiro atoms. The van der Waals surface area contributed by atoms with Crippen LogP contribution >= 0.6 is 0 Å². The summed E-state index contributed by atoms with van der Waals surface area (Å²) in [5, 5.41) is 0. The second-order valence-electron chi connectivity index (χ2n) is 10.8. The smallest absolute Gasteiger partial charge is 0.171 e. The van der Waals surface area contributed by atoms with Gasteiger partial charge in [0.25, 0.3) is 0 Å². The second-order valence-corrected chi connectivity index (χ2v) is 10.8. The summed E-state index contributed by atoms with van der Waals surface area (Å²) in [7, 11) is 0. The number of fused-ring (bicyclic) bond motifs is 5. The Morgan fingerprint density at radius 2 is 1.71 bits per heavy atom. The van der Waals surface area contributed by atoms with Gasteiger partial charge < -0.3 is 0 Å². The molecular formula is C25H37F3. The Bertz CT molecular complexity index is 626. The van der Waals surface area contributed by atoms with Gasteiger partial charge in [-0.3, -0.25) is 0 Å². The summed E-state index contributed by atoms with van der Waals surface area (Å²) >= 11 is 0. The van der Waals surface area contributed by atoms with Crippen molar-refractivity contribution in [2.24, 2.45) is 52.8 Å². The minimum Gasteiger partial charge on any atom is -0.171 e. The molecule has 3 heteroatoms. The van der Waals surface area contributed by atoms with E-state index in [0.29, 0.717) is 36.0 Å². The Morgan fingerprint density at radius 3 is 2.43 bits per heavy atom. The van der Waals surface area contributed by atoms with Gasteiger partial charge in [-0.1, -0.05) is 13.8 Å². The van der Waals surface area contributed by atoms with Crippen LogP contribution in [0, 0.1) is 64.6 Å². The predicted molar refractivity (Wildman–Crippen MR) is 107 cm³/mol. The minimum atomic E-state index is -3.98. The molecule has 28 heavy (non-hydrogen) atoms. The first kappa shape index (κ1) is 20.6. The van der Waals surface area contributed by atoms with Crippen LogP contribution in [0.15, 0.2) is 0 Å². The van der Waals surface area contributed by atoms with E-state index in [4.69, 9.17) is 0 Å².